The van der Waals surface area contributed by atoms with E-state index in [2.05, 4.69) is 31.2 Å². The highest BCUT2D eigenvalue weighted by Gasteiger charge is 2.11. The van der Waals surface area contributed by atoms with E-state index < -0.39 is 11.7 Å². The Morgan fingerprint density at radius 1 is 1.35 bits per heavy atom. The molecule has 0 atom stereocenters. The lowest BCUT2D eigenvalue weighted by atomic mass is 10.2. The van der Waals surface area contributed by atoms with Crippen molar-refractivity contribution in [2.24, 2.45) is 0 Å². The molecular formula is C13H11BrFN3O2. The lowest BCUT2D eigenvalue weighted by Crippen LogP contribution is -2.15. The van der Waals surface area contributed by atoms with Crippen LogP contribution in [0.25, 0.3) is 0 Å². The van der Waals surface area contributed by atoms with Gasteiger partial charge in [-0.15, -0.1) is 0 Å². The number of carbonyl (C=O) groups is 1. The number of nitrogens with zero attached hydrogens (tertiary/aromatic N) is 2. The van der Waals surface area contributed by atoms with Gasteiger partial charge in [0.25, 0.3) is 5.91 Å². The Labute approximate surface area is 123 Å². The van der Waals surface area contributed by atoms with E-state index in [-0.39, 0.29) is 11.5 Å². The SMILES string of the molecule is COc1cc(C)nc(NC(=O)c2ccc(Br)c(F)c2)n1. The van der Waals surface area contributed by atoms with E-state index in [4.69, 9.17) is 4.74 Å². The van der Waals surface area contributed by atoms with Crippen LogP contribution in [0.1, 0.15) is 16.1 Å². The molecule has 1 amide bonds. The van der Waals surface area contributed by atoms with Crippen molar-refractivity contribution in [1.29, 1.82) is 0 Å². The number of anilines is 1. The first-order chi connectivity index (χ1) is 9.49. The van der Waals surface area contributed by atoms with Crippen LogP contribution in [0.3, 0.4) is 0 Å². The molecule has 7 heteroatoms. The van der Waals surface area contributed by atoms with Crippen molar-refractivity contribution in [3.8, 4) is 5.88 Å². The molecule has 0 aliphatic rings. The van der Waals surface area contributed by atoms with Gasteiger partial charge in [-0.3, -0.25) is 10.1 Å². The van der Waals surface area contributed by atoms with Gasteiger partial charge in [-0.05, 0) is 41.1 Å². The molecule has 0 bridgehead atoms. The fraction of sp³-hybridized carbons (Fsp3) is 0.154. The molecule has 1 heterocycles. The van der Waals surface area contributed by atoms with E-state index in [1.54, 1.807) is 13.0 Å². The third kappa shape index (κ3) is 3.30. The van der Waals surface area contributed by atoms with Crippen molar-refractivity contribution >= 4 is 27.8 Å². The highest BCUT2D eigenvalue weighted by atomic mass is 79.9. The molecule has 0 radical (unpaired) electrons. The summed E-state index contributed by atoms with van der Waals surface area (Å²) in [5.41, 5.74) is 0.823. The van der Waals surface area contributed by atoms with Crippen LogP contribution in [0.5, 0.6) is 5.88 Å². The molecule has 0 aliphatic carbocycles. The zero-order valence-electron chi connectivity index (χ0n) is 10.8. The molecule has 0 unspecified atom stereocenters. The number of ether oxygens (including phenoxy) is 1. The van der Waals surface area contributed by atoms with Crippen molar-refractivity contribution in [3.63, 3.8) is 0 Å². The molecule has 0 saturated heterocycles. The number of benzene rings is 1. The molecule has 1 N–H and O–H groups in total. The van der Waals surface area contributed by atoms with Crippen LogP contribution in [0.4, 0.5) is 10.3 Å². The second kappa shape index (κ2) is 5.96. The van der Waals surface area contributed by atoms with E-state index in [1.165, 1.54) is 19.2 Å². The predicted octanol–water partition coefficient (Wildman–Crippen LogP) is 2.95. The van der Waals surface area contributed by atoms with Crippen LogP contribution in [0.2, 0.25) is 0 Å². The van der Waals surface area contributed by atoms with Gasteiger partial charge in [0.15, 0.2) is 0 Å². The second-order valence-corrected chi connectivity index (χ2v) is 4.81. The monoisotopic (exact) mass is 339 g/mol. The quantitative estimate of drug-likeness (QED) is 0.933. The number of rotatable bonds is 3. The summed E-state index contributed by atoms with van der Waals surface area (Å²) in [7, 11) is 1.47. The van der Waals surface area contributed by atoms with Gasteiger partial charge in [0, 0.05) is 17.3 Å². The Bertz CT molecular complexity index is 664. The molecule has 20 heavy (non-hydrogen) atoms. The lowest BCUT2D eigenvalue weighted by Gasteiger charge is -2.07. The maximum Gasteiger partial charge on any atom is 0.258 e. The number of hydrogen-bond acceptors (Lipinski definition) is 4. The summed E-state index contributed by atoms with van der Waals surface area (Å²) >= 11 is 3.03. The predicted molar refractivity (Wildman–Crippen MR) is 75.4 cm³/mol. The third-order valence-electron chi connectivity index (χ3n) is 2.45. The Kier molecular flexibility index (Phi) is 4.29. The topological polar surface area (TPSA) is 64.1 Å². The fourth-order valence-corrected chi connectivity index (χ4v) is 1.76. The van der Waals surface area contributed by atoms with Crippen LogP contribution in [0, 0.1) is 12.7 Å². The summed E-state index contributed by atoms with van der Waals surface area (Å²) < 4.78 is 18.7. The molecule has 0 saturated carbocycles. The lowest BCUT2D eigenvalue weighted by molar-refractivity contribution is 0.102. The Morgan fingerprint density at radius 3 is 2.75 bits per heavy atom. The number of aryl methyl sites for hydroxylation is 1. The molecule has 5 nitrogen and oxygen atoms in total. The zero-order chi connectivity index (χ0) is 14.7. The van der Waals surface area contributed by atoms with Crippen molar-refractivity contribution in [3.05, 3.63) is 45.8 Å². The molecule has 104 valence electrons. The molecule has 2 rings (SSSR count). The summed E-state index contributed by atoms with van der Waals surface area (Å²) in [6, 6.07) is 5.72. The summed E-state index contributed by atoms with van der Waals surface area (Å²) in [4.78, 5) is 20.0. The highest BCUT2D eigenvalue weighted by molar-refractivity contribution is 9.10. The summed E-state index contributed by atoms with van der Waals surface area (Å²) in [5.74, 6) is -0.561. The van der Waals surface area contributed by atoms with Gasteiger partial charge in [-0.25, -0.2) is 9.37 Å². The molecule has 1 aromatic heterocycles. The van der Waals surface area contributed by atoms with Crippen molar-refractivity contribution in [1.82, 2.24) is 9.97 Å². The van der Waals surface area contributed by atoms with Gasteiger partial charge in [-0.2, -0.15) is 4.98 Å². The average Bonchev–Trinajstić information content (AvgIpc) is 2.41. The van der Waals surface area contributed by atoms with Gasteiger partial charge in [0.05, 0.1) is 11.6 Å². The number of methoxy groups -OCH3 is 1. The number of aromatic nitrogens is 2. The Morgan fingerprint density at radius 2 is 2.10 bits per heavy atom. The number of hydrogen-bond donors (Lipinski definition) is 1. The minimum Gasteiger partial charge on any atom is -0.481 e. The van der Waals surface area contributed by atoms with E-state index >= 15 is 0 Å². The number of carbonyl (C=O) groups excluding carboxylic acids is 1. The maximum atomic E-state index is 13.4. The third-order valence-corrected chi connectivity index (χ3v) is 3.09. The summed E-state index contributed by atoms with van der Waals surface area (Å²) in [6.07, 6.45) is 0. The van der Waals surface area contributed by atoms with Crippen molar-refractivity contribution in [2.45, 2.75) is 6.92 Å². The summed E-state index contributed by atoms with van der Waals surface area (Å²) in [5, 5.41) is 2.50. The van der Waals surface area contributed by atoms with Gasteiger partial charge < -0.3 is 4.74 Å². The van der Waals surface area contributed by atoms with E-state index in [0.717, 1.165) is 6.07 Å². The minimum absolute atomic E-state index is 0.107. The largest absolute Gasteiger partial charge is 0.481 e. The fourth-order valence-electron chi connectivity index (χ4n) is 1.51. The Balaban J connectivity index is 2.23. The Hall–Kier alpha value is -2.02. The average molecular weight is 340 g/mol. The van der Waals surface area contributed by atoms with Crippen LogP contribution >= 0.6 is 15.9 Å². The van der Waals surface area contributed by atoms with Crippen LogP contribution < -0.4 is 10.1 Å². The normalized spacial score (nSPS) is 10.2. The van der Waals surface area contributed by atoms with Crippen molar-refractivity contribution in [2.75, 3.05) is 12.4 Å². The van der Waals surface area contributed by atoms with E-state index in [0.29, 0.717) is 16.0 Å². The van der Waals surface area contributed by atoms with E-state index in [1.807, 2.05) is 0 Å². The highest BCUT2D eigenvalue weighted by Crippen LogP contribution is 2.17. The van der Waals surface area contributed by atoms with Gasteiger partial charge in [0.2, 0.25) is 11.8 Å². The molecule has 0 aliphatic heterocycles. The number of halogens is 2. The smallest absolute Gasteiger partial charge is 0.258 e. The van der Waals surface area contributed by atoms with Gasteiger partial charge in [-0.1, -0.05) is 0 Å². The van der Waals surface area contributed by atoms with Crippen LogP contribution in [0.15, 0.2) is 28.7 Å². The van der Waals surface area contributed by atoms with Gasteiger partial charge >= 0.3 is 0 Å². The number of amides is 1. The second-order valence-electron chi connectivity index (χ2n) is 3.96. The molecule has 2 aromatic rings. The van der Waals surface area contributed by atoms with E-state index in [9.17, 15) is 9.18 Å². The van der Waals surface area contributed by atoms with Crippen LogP contribution in [-0.4, -0.2) is 23.0 Å². The summed E-state index contributed by atoms with van der Waals surface area (Å²) in [6.45, 7) is 1.75. The molecule has 0 fully saturated rings. The van der Waals surface area contributed by atoms with Gasteiger partial charge in [0.1, 0.15) is 5.82 Å². The molecular weight excluding hydrogens is 329 g/mol. The van der Waals surface area contributed by atoms with Crippen LogP contribution in [-0.2, 0) is 0 Å². The first kappa shape index (κ1) is 14.4. The number of nitrogens with one attached hydrogen (secondary N) is 1. The molecule has 1 aromatic carbocycles. The first-order valence-corrected chi connectivity index (χ1v) is 6.45. The zero-order valence-corrected chi connectivity index (χ0v) is 12.4. The van der Waals surface area contributed by atoms with Crippen molar-refractivity contribution < 1.29 is 13.9 Å². The first-order valence-electron chi connectivity index (χ1n) is 5.65. The molecule has 0 spiro atoms. The maximum absolute atomic E-state index is 13.4. The standard InChI is InChI=1S/C13H11BrFN3O2/c1-7-5-11(20-2)17-13(16-7)18-12(19)8-3-4-9(14)10(15)6-8/h3-6H,1-2H3,(H,16,17,18,19). The minimum atomic E-state index is -0.514.